The number of ether oxygens (including phenoxy) is 3. The number of rotatable bonds is 10. The number of aryl methyl sites for hydroxylation is 1. The van der Waals surface area contributed by atoms with Crippen LogP contribution < -0.4 is 20.7 Å². The Morgan fingerprint density at radius 3 is 2.53 bits per heavy atom. The lowest BCUT2D eigenvalue weighted by Gasteiger charge is -2.27. The summed E-state index contributed by atoms with van der Waals surface area (Å²) in [5.41, 5.74) is 0.0947. The third kappa shape index (κ3) is 6.61. The van der Waals surface area contributed by atoms with Gasteiger partial charge in [-0.3, -0.25) is 9.59 Å². The number of urea groups is 1. The Hall–Kier alpha value is -4.28. The van der Waals surface area contributed by atoms with Gasteiger partial charge in [0.2, 0.25) is 0 Å². The van der Waals surface area contributed by atoms with Crippen molar-refractivity contribution >= 4 is 23.9 Å². The standard InChI is InChI=1S/C23H25N3O8/c1-3-31-22(29)20-16(25-23(30)26-21(20)17-10-9-14(2)34-17)12-33-19(28)11-24-18(27)13-32-15-7-5-4-6-8-15/h4-10,21H,3,11-13H2,1-2H3,(H,24,27)(H2,25,26,30). The van der Waals surface area contributed by atoms with Crippen molar-refractivity contribution in [2.24, 2.45) is 0 Å². The van der Waals surface area contributed by atoms with E-state index in [0.717, 1.165) is 0 Å². The minimum Gasteiger partial charge on any atom is -0.484 e. The highest BCUT2D eigenvalue weighted by atomic mass is 16.5. The molecule has 180 valence electrons. The van der Waals surface area contributed by atoms with Gasteiger partial charge in [0, 0.05) is 0 Å². The second-order valence-electron chi connectivity index (χ2n) is 7.13. The van der Waals surface area contributed by atoms with Crippen LogP contribution in [0.3, 0.4) is 0 Å². The van der Waals surface area contributed by atoms with Crippen molar-refractivity contribution in [3.05, 3.63) is 65.3 Å². The molecule has 3 rings (SSSR count). The lowest BCUT2D eigenvalue weighted by atomic mass is 10.0. The number of carbonyl (C=O) groups excluding carboxylic acids is 4. The van der Waals surface area contributed by atoms with Crippen LogP contribution in [0.4, 0.5) is 4.79 Å². The van der Waals surface area contributed by atoms with Crippen molar-refractivity contribution in [2.45, 2.75) is 19.9 Å². The zero-order chi connectivity index (χ0) is 24.5. The number of nitrogens with one attached hydrogen (secondary N) is 3. The van der Waals surface area contributed by atoms with Crippen LogP contribution in [0.25, 0.3) is 0 Å². The molecule has 1 unspecified atom stereocenters. The summed E-state index contributed by atoms with van der Waals surface area (Å²) in [5, 5.41) is 7.46. The summed E-state index contributed by atoms with van der Waals surface area (Å²) in [6, 6.07) is 10.5. The Morgan fingerprint density at radius 1 is 1.09 bits per heavy atom. The summed E-state index contributed by atoms with van der Waals surface area (Å²) in [4.78, 5) is 48.8. The maximum atomic E-state index is 12.6. The van der Waals surface area contributed by atoms with Crippen molar-refractivity contribution in [1.29, 1.82) is 0 Å². The van der Waals surface area contributed by atoms with Crippen molar-refractivity contribution in [3.63, 3.8) is 0 Å². The van der Waals surface area contributed by atoms with Crippen LogP contribution in [0.2, 0.25) is 0 Å². The molecule has 34 heavy (non-hydrogen) atoms. The summed E-state index contributed by atoms with van der Waals surface area (Å²) in [7, 11) is 0. The predicted octanol–water partition coefficient (Wildman–Crippen LogP) is 1.50. The van der Waals surface area contributed by atoms with Gasteiger partial charge in [-0.15, -0.1) is 0 Å². The van der Waals surface area contributed by atoms with E-state index in [4.69, 9.17) is 18.6 Å². The Bertz CT molecular complexity index is 1080. The summed E-state index contributed by atoms with van der Waals surface area (Å²) in [6.45, 7) is 2.34. The van der Waals surface area contributed by atoms with Gasteiger partial charge in [0.05, 0.1) is 17.9 Å². The van der Waals surface area contributed by atoms with E-state index in [2.05, 4.69) is 16.0 Å². The van der Waals surface area contributed by atoms with E-state index in [-0.39, 0.29) is 24.5 Å². The van der Waals surface area contributed by atoms with E-state index in [0.29, 0.717) is 17.3 Å². The van der Waals surface area contributed by atoms with Gasteiger partial charge in [0.1, 0.15) is 36.5 Å². The molecule has 0 radical (unpaired) electrons. The summed E-state index contributed by atoms with van der Waals surface area (Å²) >= 11 is 0. The molecule has 1 aromatic carbocycles. The first-order chi connectivity index (χ1) is 16.4. The van der Waals surface area contributed by atoms with Crippen LogP contribution in [0.15, 0.2) is 58.2 Å². The van der Waals surface area contributed by atoms with E-state index >= 15 is 0 Å². The number of para-hydroxylation sites is 1. The summed E-state index contributed by atoms with van der Waals surface area (Å²) in [6.07, 6.45) is 0. The predicted molar refractivity (Wildman–Crippen MR) is 117 cm³/mol. The molecule has 0 saturated carbocycles. The zero-order valence-electron chi connectivity index (χ0n) is 18.7. The number of hydrogen-bond acceptors (Lipinski definition) is 8. The molecule has 1 atom stereocenters. The summed E-state index contributed by atoms with van der Waals surface area (Å²) < 4.78 is 21.1. The molecule has 1 aromatic heterocycles. The second kappa shape index (κ2) is 11.5. The molecular formula is C23H25N3O8. The molecule has 0 fully saturated rings. The average Bonchev–Trinajstić information content (AvgIpc) is 3.26. The second-order valence-corrected chi connectivity index (χ2v) is 7.13. The van der Waals surface area contributed by atoms with Gasteiger partial charge in [0.15, 0.2) is 6.61 Å². The molecule has 0 saturated heterocycles. The van der Waals surface area contributed by atoms with Crippen LogP contribution in [-0.2, 0) is 23.9 Å². The van der Waals surface area contributed by atoms with Crippen LogP contribution in [0.1, 0.15) is 24.5 Å². The molecular weight excluding hydrogens is 446 g/mol. The number of carbonyl (C=O) groups is 4. The first-order valence-corrected chi connectivity index (χ1v) is 10.5. The number of esters is 2. The van der Waals surface area contributed by atoms with E-state index < -0.39 is 43.1 Å². The third-order valence-electron chi connectivity index (χ3n) is 4.62. The van der Waals surface area contributed by atoms with Crippen LogP contribution >= 0.6 is 0 Å². The fourth-order valence-electron chi connectivity index (χ4n) is 3.09. The number of hydrogen-bond donors (Lipinski definition) is 3. The number of benzene rings is 1. The Labute approximate surface area is 195 Å². The third-order valence-corrected chi connectivity index (χ3v) is 4.62. The van der Waals surface area contributed by atoms with E-state index in [1.165, 1.54) is 0 Å². The van der Waals surface area contributed by atoms with Gasteiger partial charge in [-0.25, -0.2) is 9.59 Å². The molecule has 2 aromatic rings. The average molecular weight is 471 g/mol. The van der Waals surface area contributed by atoms with Gasteiger partial charge in [-0.05, 0) is 38.1 Å². The fraction of sp³-hybridized carbons (Fsp3) is 0.304. The molecule has 1 aliphatic heterocycles. The van der Waals surface area contributed by atoms with Crippen LogP contribution in [0, 0.1) is 6.92 Å². The molecule has 0 spiro atoms. The minimum absolute atomic E-state index is 0.0453. The van der Waals surface area contributed by atoms with Crippen LogP contribution in [0.5, 0.6) is 5.75 Å². The van der Waals surface area contributed by atoms with E-state index in [1.807, 2.05) is 6.07 Å². The van der Waals surface area contributed by atoms with Gasteiger partial charge in [0.25, 0.3) is 5.91 Å². The summed E-state index contributed by atoms with van der Waals surface area (Å²) in [5.74, 6) is -0.568. The topological polar surface area (TPSA) is 145 Å². The molecule has 3 N–H and O–H groups in total. The zero-order valence-corrected chi connectivity index (χ0v) is 18.7. The quantitative estimate of drug-likeness (QED) is 0.442. The van der Waals surface area contributed by atoms with E-state index in [1.54, 1.807) is 50.2 Å². The first-order valence-electron chi connectivity index (χ1n) is 10.5. The van der Waals surface area contributed by atoms with Gasteiger partial charge < -0.3 is 34.6 Å². The number of amides is 3. The Kier molecular flexibility index (Phi) is 8.27. The SMILES string of the molecule is CCOC(=O)C1=C(COC(=O)CNC(=O)COc2ccccc2)NC(=O)NC1c1ccc(C)o1. The normalized spacial score (nSPS) is 15.1. The van der Waals surface area contributed by atoms with Crippen molar-refractivity contribution < 1.29 is 37.8 Å². The molecule has 0 aliphatic carbocycles. The van der Waals surface area contributed by atoms with Gasteiger partial charge in [-0.2, -0.15) is 0 Å². The highest BCUT2D eigenvalue weighted by Gasteiger charge is 2.36. The monoisotopic (exact) mass is 471 g/mol. The minimum atomic E-state index is -0.926. The molecule has 11 nitrogen and oxygen atoms in total. The highest BCUT2D eigenvalue weighted by Crippen LogP contribution is 2.29. The molecule has 1 aliphatic rings. The largest absolute Gasteiger partial charge is 0.484 e. The molecule has 2 heterocycles. The van der Waals surface area contributed by atoms with Crippen molar-refractivity contribution in [1.82, 2.24) is 16.0 Å². The molecule has 0 bridgehead atoms. The van der Waals surface area contributed by atoms with Gasteiger partial charge >= 0.3 is 18.0 Å². The van der Waals surface area contributed by atoms with Gasteiger partial charge in [-0.1, -0.05) is 18.2 Å². The smallest absolute Gasteiger partial charge is 0.338 e. The van der Waals surface area contributed by atoms with Crippen molar-refractivity contribution in [2.75, 3.05) is 26.4 Å². The number of furan rings is 1. The lowest BCUT2D eigenvalue weighted by Crippen LogP contribution is -2.47. The highest BCUT2D eigenvalue weighted by molar-refractivity contribution is 5.95. The van der Waals surface area contributed by atoms with Crippen molar-refractivity contribution in [3.8, 4) is 5.75 Å². The maximum absolute atomic E-state index is 12.6. The first kappa shape index (κ1) is 24.4. The fourth-order valence-corrected chi connectivity index (χ4v) is 3.09. The Balaban J connectivity index is 1.61. The Morgan fingerprint density at radius 2 is 1.85 bits per heavy atom. The lowest BCUT2D eigenvalue weighted by molar-refractivity contribution is -0.144. The van der Waals surface area contributed by atoms with Crippen LogP contribution in [-0.4, -0.2) is 50.2 Å². The molecule has 3 amide bonds. The van der Waals surface area contributed by atoms with E-state index in [9.17, 15) is 19.2 Å². The molecule has 11 heteroatoms. The maximum Gasteiger partial charge on any atom is 0.338 e.